The summed E-state index contributed by atoms with van der Waals surface area (Å²) in [7, 11) is 1.67. The first-order valence-electron chi connectivity index (χ1n) is 11.7. The predicted octanol–water partition coefficient (Wildman–Crippen LogP) is 4.53. The lowest BCUT2D eigenvalue weighted by Crippen LogP contribution is -2.48. The zero-order chi connectivity index (χ0) is 26.6. The van der Waals surface area contributed by atoms with Gasteiger partial charge in [0.2, 0.25) is 0 Å². The lowest BCUT2D eigenvalue weighted by Gasteiger charge is -2.35. The number of carboxylic acids is 1. The largest absolute Gasteiger partial charge is 0.494 e. The number of nitrogens with one attached hydrogen (secondary N) is 1. The predicted molar refractivity (Wildman–Crippen MR) is 127 cm³/mol. The van der Waals surface area contributed by atoms with Gasteiger partial charge in [0, 0.05) is 33.0 Å². The van der Waals surface area contributed by atoms with Gasteiger partial charge >= 0.3 is 18.2 Å². The summed E-state index contributed by atoms with van der Waals surface area (Å²) in [5.41, 5.74) is -1.23. The van der Waals surface area contributed by atoms with E-state index >= 15 is 0 Å². The van der Waals surface area contributed by atoms with Gasteiger partial charge in [0.1, 0.15) is 5.75 Å². The number of carbonyl (C=O) groups excluding carboxylic acids is 1. The molecule has 7 nitrogen and oxygen atoms in total. The third-order valence-electron chi connectivity index (χ3n) is 6.62. The normalized spacial score (nSPS) is 19.6. The fraction of sp³-hybridized carbons (Fsp3) is 0.462. The van der Waals surface area contributed by atoms with E-state index in [0.717, 1.165) is 17.7 Å². The maximum Gasteiger partial charge on any atom is 0.416 e. The second kappa shape index (κ2) is 10.8. The highest BCUT2D eigenvalue weighted by atomic mass is 19.4. The molecule has 0 aromatic heterocycles. The topological polar surface area (TPSA) is 88.1 Å². The smallest absolute Gasteiger partial charge is 0.416 e. The van der Waals surface area contributed by atoms with Crippen LogP contribution in [0.4, 0.5) is 18.0 Å². The van der Waals surface area contributed by atoms with Crippen molar-refractivity contribution in [3.63, 3.8) is 0 Å². The van der Waals surface area contributed by atoms with Crippen molar-refractivity contribution in [2.45, 2.75) is 50.4 Å². The quantitative estimate of drug-likeness (QED) is 0.466. The van der Waals surface area contributed by atoms with Gasteiger partial charge in [0.25, 0.3) is 0 Å². The Hall–Kier alpha value is -3.27. The van der Waals surface area contributed by atoms with Crippen molar-refractivity contribution in [2.24, 2.45) is 0 Å². The molecule has 2 N–H and O–H groups in total. The number of carbonyl (C=O) groups is 2. The summed E-state index contributed by atoms with van der Waals surface area (Å²) in [4.78, 5) is 25.4. The van der Waals surface area contributed by atoms with Crippen LogP contribution in [0.1, 0.15) is 37.0 Å². The van der Waals surface area contributed by atoms with Gasteiger partial charge in [0.05, 0.1) is 17.7 Å². The fourth-order valence-electron chi connectivity index (χ4n) is 4.37. The van der Waals surface area contributed by atoms with Gasteiger partial charge in [-0.3, -0.25) is 0 Å². The average Bonchev–Trinajstić information content (AvgIpc) is 3.09. The number of carboxylic acid groups (broad SMARTS) is 1. The zero-order valence-electron chi connectivity index (χ0n) is 20.5. The minimum absolute atomic E-state index is 0.200. The molecule has 3 rings (SSSR count). The highest BCUT2D eigenvalue weighted by Crippen LogP contribution is 2.32. The van der Waals surface area contributed by atoms with Crippen LogP contribution in [0.2, 0.25) is 0 Å². The highest BCUT2D eigenvalue weighted by Gasteiger charge is 2.43. The molecule has 1 fully saturated rings. The lowest BCUT2D eigenvalue weighted by molar-refractivity contribution is -0.162. The van der Waals surface area contributed by atoms with Crippen LogP contribution in [0.25, 0.3) is 0 Å². The van der Waals surface area contributed by atoms with Crippen molar-refractivity contribution in [2.75, 3.05) is 26.8 Å². The SMILES string of the molecule is CCOC(C)(Cc1ccc(OCCC2(Cc3ccc(C(F)(F)F)cc3)CNC(=O)N2C)cc1)C(=O)O. The van der Waals surface area contributed by atoms with Crippen molar-refractivity contribution in [3.05, 3.63) is 65.2 Å². The number of halogens is 3. The minimum atomic E-state index is -4.41. The van der Waals surface area contributed by atoms with Crippen LogP contribution in [0, 0.1) is 0 Å². The lowest BCUT2D eigenvalue weighted by atomic mass is 9.87. The average molecular weight is 509 g/mol. The van der Waals surface area contributed by atoms with Crippen LogP contribution in [0.3, 0.4) is 0 Å². The van der Waals surface area contributed by atoms with Crippen molar-refractivity contribution in [1.82, 2.24) is 10.2 Å². The Morgan fingerprint density at radius 1 is 1.11 bits per heavy atom. The van der Waals surface area contributed by atoms with Crippen molar-refractivity contribution < 1.29 is 37.3 Å². The molecular weight excluding hydrogens is 477 g/mol. The molecule has 1 saturated heterocycles. The number of urea groups is 1. The standard InChI is InChI=1S/C26H31F3N2O5/c1-4-36-24(2,22(32)33)15-18-7-11-21(12-8-18)35-14-13-25(17-30-23(34)31(25)3)16-19-5-9-20(10-6-19)26(27,28)29/h5-12H,4,13-17H2,1-3H3,(H,30,34)(H,32,33). The van der Waals surface area contributed by atoms with Crippen molar-refractivity contribution >= 4 is 12.0 Å². The van der Waals surface area contributed by atoms with E-state index in [4.69, 9.17) is 9.47 Å². The maximum atomic E-state index is 12.9. The summed E-state index contributed by atoms with van der Waals surface area (Å²) >= 11 is 0. The van der Waals surface area contributed by atoms with Crippen LogP contribution in [-0.4, -0.2) is 60.0 Å². The summed E-state index contributed by atoms with van der Waals surface area (Å²) < 4.78 is 50.0. The number of likely N-dealkylation sites (N-methyl/N-ethyl adjacent to an activating group) is 1. The Kier molecular flexibility index (Phi) is 8.18. The number of aliphatic carboxylic acids is 1. The Bertz CT molecular complexity index is 1060. The number of hydrogen-bond acceptors (Lipinski definition) is 4. The number of amides is 2. The fourth-order valence-corrected chi connectivity index (χ4v) is 4.37. The molecular formula is C26H31F3N2O5. The van der Waals surface area contributed by atoms with Gasteiger partial charge in [0.15, 0.2) is 5.60 Å². The summed E-state index contributed by atoms with van der Waals surface area (Å²) in [5, 5.41) is 12.3. The zero-order valence-corrected chi connectivity index (χ0v) is 20.5. The third kappa shape index (κ3) is 6.29. The number of hydrogen-bond donors (Lipinski definition) is 2. The molecule has 2 atom stereocenters. The van der Waals surface area contributed by atoms with Gasteiger partial charge in [-0.2, -0.15) is 13.2 Å². The third-order valence-corrected chi connectivity index (χ3v) is 6.62. The van der Waals surface area contributed by atoms with Gasteiger partial charge in [-0.1, -0.05) is 24.3 Å². The first-order chi connectivity index (χ1) is 16.9. The number of alkyl halides is 3. The number of rotatable bonds is 11. The van der Waals surface area contributed by atoms with Crippen LogP contribution < -0.4 is 10.1 Å². The van der Waals surface area contributed by atoms with E-state index in [-0.39, 0.29) is 25.7 Å². The Morgan fingerprint density at radius 3 is 2.22 bits per heavy atom. The van der Waals surface area contributed by atoms with E-state index in [0.29, 0.717) is 30.7 Å². The molecule has 2 aromatic carbocycles. The number of ether oxygens (including phenoxy) is 2. The first-order valence-corrected chi connectivity index (χ1v) is 11.7. The summed E-state index contributed by atoms with van der Waals surface area (Å²) in [5.74, 6) is -0.455. The minimum Gasteiger partial charge on any atom is -0.494 e. The van der Waals surface area contributed by atoms with E-state index in [1.165, 1.54) is 19.1 Å². The van der Waals surface area contributed by atoms with Crippen molar-refractivity contribution in [3.8, 4) is 5.75 Å². The van der Waals surface area contributed by atoms with E-state index in [9.17, 15) is 27.9 Å². The van der Waals surface area contributed by atoms with Gasteiger partial charge < -0.3 is 24.8 Å². The van der Waals surface area contributed by atoms with E-state index < -0.39 is 28.8 Å². The summed E-state index contributed by atoms with van der Waals surface area (Å²) in [6.07, 6.45) is -3.39. The van der Waals surface area contributed by atoms with Crippen LogP contribution in [-0.2, 0) is 28.5 Å². The Labute approximate surface area is 208 Å². The van der Waals surface area contributed by atoms with Crippen LogP contribution in [0.15, 0.2) is 48.5 Å². The second-order valence-corrected chi connectivity index (χ2v) is 9.20. The maximum absolute atomic E-state index is 12.9. The van der Waals surface area contributed by atoms with Gasteiger partial charge in [-0.15, -0.1) is 0 Å². The molecule has 0 saturated carbocycles. The molecule has 0 bridgehead atoms. The molecule has 0 spiro atoms. The molecule has 10 heteroatoms. The molecule has 36 heavy (non-hydrogen) atoms. The molecule has 1 aliphatic rings. The summed E-state index contributed by atoms with van der Waals surface area (Å²) in [6, 6.07) is 11.8. The van der Waals surface area contributed by atoms with Crippen molar-refractivity contribution in [1.29, 1.82) is 0 Å². The molecule has 196 valence electrons. The van der Waals surface area contributed by atoms with E-state index in [1.54, 1.807) is 43.1 Å². The second-order valence-electron chi connectivity index (χ2n) is 9.20. The van der Waals surface area contributed by atoms with Gasteiger partial charge in [-0.05, 0) is 55.7 Å². The summed E-state index contributed by atoms with van der Waals surface area (Å²) in [6.45, 7) is 4.17. The Balaban J connectivity index is 1.65. The Morgan fingerprint density at radius 2 is 1.72 bits per heavy atom. The number of benzene rings is 2. The molecule has 1 heterocycles. The molecule has 2 amide bonds. The highest BCUT2D eigenvalue weighted by molar-refractivity contribution is 5.78. The molecule has 0 aliphatic carbocycles. The molecule has 1 aliphatic heterocycles. The number of nitrogens with zero attached hydrogens (tertiary/aromatic N) is 1. The molecule has 2 aromatic rings. The monoisotopic (exact) mass is 508 g/mol. The van der Waals surface area contributed by atoms with E-state index in [2.05, 4.69) is 5.32 Å². The van der Waals surface area contributed by atoms with E-state index in [1.807, 2.05) is 0 Å². The van der Waals surface area contributed by atoms with Crippen LogP contribution in [0.5, 0.6) is 5.75 Å². The molecule has 2 unspecified atom stereocenters. The van der Waals surface area contributed by atoms with Gasteiger partial charge in [-0.25, -0.2) is 9.59 Å². The van der Waals surface area contributed by atoms with Crippen LogP contribution >= 0.6 is 0 Å². The first kappa shape index (κ1) is 27.3. The molecule has 0 radical (unpaired) electrons.